The van der Waals surface area contributed by atoms with Crippen LogP contribution in [0, 0.1) is 13.8 Å². The number of ketones is 1. The van der Waals surface area contributed by atoms with Gasteiger partial charge in [0.25, 0.3) is 11.7 Å². The van der Waals surface area contributed by atoms with Crippen LogP contribution in [0.25, 0.3) is 5.76 Å². The van der Waals surface area contributed by atoms with Gasteiger partial charge in [-0.3, -0.25) is 19.5 Å². The number of Topliss-reactive ketones (excluding diaryl/α,β-unsaturated/α-hetero) is 1. The second-order valence-corrected chi connectivity index (χ2v) is 8.41. The molecule has 0 spiro atoms. The number of amides is 1. The Kier molecular flexibility index (Phi) is 6.01. The van der Waals surface area contributed by atoms with E-state index in [1.807, 2.05) is 45.9 Å². The van der Waals surface area contributed by atoms with Gasteiger partial charge in [-0.15, -0.1) is 0 Å². The molecular weight excluding hydrogens is 416 g/mol. The summed E-state index contributed by atoms with van der Waals surface area (Å²) in [7, 11) is 0. The zero-order chi connectivity index (χ0) is 23.7. The summed E-state index contributed by atoms with van der Waals surface area (Å²) in [6.45, 7) is 7.66. The quantitative estimate of drug-likeness (QED) is 0.337. The molecule has 0 saturated carbocycles. The van der Waals surface area contributed by atoms with E-state index in [9.17, 15) is 14.7 Å². The van der Waals surface area contributed by atoms with Crippen molar-refractivity contribution in [1.29, 1.82) is 0 Å². The predicted octanol–water partition coefficient (Wildman–Crippen LogP) is 5.11. The maximum Gasteiger partial charge on any atom is 0.300 e. The van der Waals surface area contributed by atoms with E-state index >= 15 is 0 Å². The van der Waals surface area contributed by atoms with E-state index < -0.39 is 17.7 Å². The standard InChI is InChI=1S/C27H26N2O4/c1-16(2)33-22-12-11-19(15-18(22)4)25(30)23-24(21-10-5-6-13-28-21)29(27(32)26(23)31)20-9-7-8-17(3)14-20/h5-16,24,30H,1-4H3/b25-23-. The van der Waals surface area contributed by atoms with Crippen molar-refractivity contribution in [3.63, 3.8) is 0 Å². The molecule has 6 nitrogen and oxygen atoms in total. The largest absolute Gasteiger partial charge is 0.507 e. The Bertz CT molecular complexity index is 1250. The summed E-state index contributed by atoms with van der Waals surface area (Å²) in [4.78, 5) is 32.2. The molecule has 1 aliphatic heterocycles. The van der Waals surface area contributed by atoms with Gasteiger partial charge in [-0.05, 0) is 81.3 Å². The fraction of sp³-hybridized carbons (Fsp3) is 0.222. The summed E-state index contributed by atoms with van der Waals surface area (Å²) in [6, 6.07) is 17.0. The summed E-state index contributed by atoms with van der Waals surface area (Å²) < 4.78 is 5.78. The number of nitrogens with zero attached hydrogens (tertiary/aromatic N) is 2. The molecule has 1 amide bonds. The first kappa shape index (κ1) is 22.3. The van der Waals surface area contributed by atoms with Gasteiger partial charge in [-0.1, -0.05) is 18.2 Å². The van der Waals surface area contributed by atoms with Gasteiger partial charge >= 0.3 is 0 Å². The monoisotopic (exact) mass is 442 g/mol. The lowest BCUT2D eigenvalue weighted by Crippen LogP contribution is -2.29. The molecule has 1 N–H and O–H groups in total. The lowest BCUT2D eigenvalue weighted by Gasteiger charge is -2.25. The second kappa shape index (κ2) is 8.90. The number of benzene rings is 2. The Balaban J connectivity index is 1.88. The van der Waals surface area contributed by atoms with E-state index in [-0.39, 0.29) is 17.4 Å². The number of aliphatic hydroxyl groups excluding tert-OH is 1. The van der Waals surface area contributed by atoms with Crippen LogP contribution < -0.4 is 9.64 Å². The van der Waals surface area contributed by atoms with Crippen molar-refractivity contribution in [1.82, 2.24) is 4.98 Å². The van der Waals surface area contributed by atoms with Crippen molar-refractivity contribution < 1.29 is 19.4 Å². The first-order valence-corrected chi connectivity index (χ1v) is 10.8. The maximum atomic E-state index is 13.2. The Morgan fingerprint density at radius 3 is 2.45 bits per heavy atom. The average molecular weight is 443 g/mol. The lowest BCUT2D eigenvalue weighted by molar-refractivity contribution is -0.132. The molecule has 0 radical (unpaired) electrons. The van der Waals surface area contributed by atoms with Gasteiger partial charge in [0, 0.05) is 17.4 Å². The molecule has 33 heavy (non-hydrogen) atoms. The molecule has 2 aromatic carbocycles. The molecule has 1 unspecified atom stereocenters. The average Bonchev–Trinajstić information content (AvgIpc) is 3.05. The van der Waals surface area contributed by atoms with Gasteiger partial charge < -0.3 is 9.84 Å². The topological polar surface area (TPSA) is 79.7 Å². The fourth-order valence-electron chi connectivity index (χ4n) is 4.03. The molecule has 6 heteroatoms. The van der Waals surface area contributed by atoms with Gasteiger partial charge in [-0.2, -0.15) is 0 Å². The molecule has 1 atom stereocenters. The highest BCUT2D eigenvalue weighted by Crippen LogP contribution is 2.41. The van der Waals surface area contributed by atoms with Crippen LogP contribution in [0.5, 0.6) is 5.75 Å². The third-order valence-corrected chi connectivity index (χ3v) is 5.50. The van der Waals surface area contributed by atoms with Crippen molar-refractivity contribution in [2.75, 3.05) is 4.90 Å². The van der Waals surface area contributed by atoms with Crippen molar-refractivity contribution in [2.45, 2.75) is 39.8 Å². The minimum absolute atomic E-state index is 0.00644. The number of ether oxygens (including phenoxy) is 1. The highest BCUT2D eigenvalue weighted by molar-refractivity contribution is 6.51. The molecule has 168 valence electrons. The van der Waals surface area contributed by atoms with Gasteiger partial charge in [0.2, 0.25) is 0 Å². The molecule has 1 saturated heterocycles. The van der Waals surface area contributed by atoms with Crippen LogP contribution in [0.3, 0.4) is 0 Å². The summed E-state index contributed by atoms with van der Waals surface area (Å²) in [6.07, 6.45) is 1.61. The molecule has 2 heterocycles. The molecule has 0 bridgehead atoms. The smallest absolute Gasteiger partial charge is 0.300 e. The zero-order valence-corrected chi connectivity index (χ0v) is 19.1. The van der Waals surface area contributed by atoms with Crippen LogP contribution in [0.1, 0.15) is 42.3 Å². The Morgan fingerprint density at radius 2 is 1.82 bits per heavy atom. The zero-order valence-electron chi connectivity index (χ0n) is 19.1. The Labute approximate surface area is 193 Å². The number of pyridine rings is 1. The van der Waals surface area contributed by atoms with Crippen LogP contribution >= 0.6 is 0 Å². The molecule has 1 aliphatic rings. The maximum absolute atomic E-state index is 13.2. The molecule has 4 rings (SSSR count). The minimum atomic E-state index is -0.847. The van der Waals surface area contributed by atoms with Crippen LogP contribution in [-0.2, 0) is 9.59 Å². The van der Waals surface area contributed by atoms with E-state index in [1.54, 1.807) is 48.7 Å². The van der Waals surface area contributed by atoms with E-state index in [0.717, 1.165) is 11.1 Å². The molecule has 3 aromatic rings. The van der Waals surface area contributed by atoms with Crippen LogP contribution in [0.15, 0.2) is 72.4 Å². The van der Waals surface area contributed by atoms with Gasteiger partial charge in [0.15, 0.2) is 0 Å². The number of aromatic nitrogens is 1. The van der Waals surface area contributed by atoms with Gasteiger partial charge in [0.05, 0.1) is 17.4 Å². The lowest BCUT2D eigenvalue weighted by atomic mass is 9.97. The number of aliphatic hydroxyl groups is 1. The number of hydrogen-bond donors (Lipinski definition) is 1. The van der Waals surface area contributed by atoms with Crippen molar-refractivity contribution >= 4 is 23.1 Å². The summed E-state index contributed by atoms with van der Waals surface area (Å²) in [5.74, 6) is -0.986. The molecule has 1 fully saturated rings. The SMILES string of the molecule is Cc1cccc(N2C(=O)C(=O)/C(=C(\O)c3ccc(OC(C)C)c(C)c3)C2c2ccccn2)c1. The minimum Gasteiger partial charge on any atom is -0.507 e. The second-order valence-electron chi connectivity index (χ2n) is 8.41. The predicted molar refractivity (Wildman–Crippen MR) is 127 cm³/mol. The molecule has 1 aromatic heterocycles. The van der Waals surface area contributed by atoms with Crippen LogP contribution in [0.4, 0.5) is 5.69 Å². The van der Waals surface area contributed by atoms with Crippen LogP contribution in [0.2, 0.25) is 0 Å². The van der Waals surface area contributed by atoms with Gasteiger partial charge in [0.1, 0.15) is 17.6 Å². The first-order valence-electron chi connectivity index (χ1n) is 10.8. The number of hydrogen-bond acceptors (Lipinski definition) is 5. The van der Waals surface area contributed by atoms with E-state index in [2.05, 4.69) is 4.98 Å². The van der Waals surface area contributed by atoms with Gasteiger partial charge in [-0.25, -0.2) is 0 Å². The normalized spacial score (nSPS) is 17.6. The van der Waals surface area contributed by atoms with Crippen molar-refractivity contribution in [2.24, 2.45) is 0 Å². The first-order chi connectivity index (χ1) is 15.8. The van der Waals surface area contributed by atoms with E-state index in [1.165, 1.54) is 4.90 Å². The number of rotatable bonds is 5. The number of anilines is 1. The Hall–Kier alpha value is -3.93. The molecular formula is C27H26N2O4. The van der Waals surface area contributed by atoms with Crippen molar-refractivity contribution in [3.05, 3.63) is 94.8 Å². The van der Waals surface area contributed by atoms with Crippen molar-refractivity contribution in [3.8, 4) is 5.75 Å². The summed E-state index contributed by atoms with van der Waals surface area (Å²) in [5, 5.41) is 11.3. The van der Waals surface area contributed by atoms with E-state index in [0.29, 0.717) is 22.7 Å². The van der Waals surface area contributed by atoms with Crippen LogP contribution in [-0.4, -0.2) is 27.9 Å². The number of carbonyl (C=O) groups is 2. The number of aryl methyl sites for hydroxylation is 2. The third kappa shape index (κ3) is 4.24. The highest BCUT2D eigenvalue weighted by Gasteiger charge is 2.47. The highest BCUT2D eigenvalue weighted by atomic mass is 16.5. The molecule has 0 aliphatic carbocycles. The summed E-state index contributed by atoms with van der Waals surface area (Å²) >= 11 is 0. The summed E-state index contributed by atoms with van der Waals surface area (Å²) in [5.41, 5.74) is 3.28. The fourth-order valence-corrected chi connectivity index (χ4v) is 4.03. The Morgan fingerprint density at radius 1 is 1.03 bits per heavy atom. The van der Waals surface area contributed by atoms with E-state index in [4.69, 9.17) is 4.74 Å². The number of carbonyl (C=O) groups excluding carboxylic acids is 2. The third-order valence-electron chi connectivity index (χ3n) is 5.50.